The maximum absolute atomic E-state index is 11.9. The molecule has 0 radical (unpaired) electrons. The molecular weight excluding hydrogens is 430 g/mol. The summed E-state index contributed by atoms with van der Waals surface area (Å²) in [4.78, 5) is 16.7. The fraction of sp³-hybridized carbons (Fsp3) is 0.579. The van der Waals surface area contributed by atoms with E-state index in [-0.39, 0.29) is 23.6 Å². The minimum Gasteiger partial charge on any atom is -0.490 e. The normalized spacial score (nSPS) is 25.5. The number of amides is 1. The Balaban J connectivity index is 1.70. The predicted octanol–water partition coefficient (Wildman–Crippen LogP) is 2.91. The Morgan fingerprint density at radius 3 is 2.96 bits per heavy atom. The van der Waals surface area contributed by atoms with Crippen molar-refractivity contribution in [2.75, 3.05) is 5.75 Å². The Labute approximate surface area is 172 Å². The molecule has 1 aromatic rings. The van der Waals surface area contributed by atoms with Gasteiger partial charge in [0, 0.05) is 28.3 Å². The van der Waals surface area contributed by atoms with Crippen LogP contribution < -0.4 is 15.8 Å². The van der Waals surface area contributed by atoms with Gasteiger partial charge in [0.25, 0.3) is 5.91 Å². The van der Waals surface area contributed by atoms with Gasteiger partial charge in [-0.1, -0.05) is 27.7 Å². The number of fused-ring (bicyclic) bond motifs is 2. The van der Waals surface area contributed by atoms with Gasteiger partial charge < -0.3 is 20.9 Å². The number of hydrogen-bond donors (Lipinski definition) is 3. The van der Waals surface area contributed by atoms with Gasteiger partial charge in [-0.3, -0.25) is 9.79 Å². The highest BCUT2D eigenvalue weighted by molar-refractivity contribution is 9.10. The molecule has 148 valence electrons. The van der Waals surface area contributed by atoms with Gasteiger partial charge >= 0.3 is 0 Å². The first kappa shape index (κ1) is 20.5. The lowest BCUT2D eigenvalue weighted by Crippen LogP contribution is -2.46. The van der Waals surface area contributed by atoms with E-state index in [4.69, 9.17) is 15.5 Å². The molecule has 0 aromatic heterocycles. The average Bonchev–Trinajstić information content (AvgIpc) is 2.94. The molecule has 0 saturated carbocycles. The summed E-state index contributed by atoms with van der Waals surface area (Å²) in [5, 5.41) is 13.2. The van der Waals surface area contributed by atoms with Gasteiger partial charge in [-0.15, -0.1) is 0 Å². The van der Waals surface area contributed by atoms with Crippen molar-refractivity contribution >= 4 is 38.8 Å². The van der Waals surface area contributed by atoms with Crippen LogP contribution in [0.5, 0.6) is 5.75 Å². The third-order valence-corrected chi connectivity index (χ3v) is 6.44. The standard InChI is InChI=1S/C19H26BrN3O3S/c1-11(22-16(24)18(2,3)25)4-6-13-9-19(10-27-17(21)23-19)14-8-12(20)5-7-15(14)26-13/h5,7-8,11,13,25H,4,6,9-10H2,1-3H3,(H2,21,23)(H,22,24)/t11-,13-,19?/m0/s1. The molecule has 2 aliphatic heterocycles. The van der Waals surface area contributed by atoms with Gasteiger partial charge in [-0.25, -0.2) is 0 Å². The van der Waals surface area contributed by atoms with E-state index >= 15 is 0 Å². The van der Waals surface area contributed by atoms with E-state index in [1.165, 1.54) is 13.8 Å². The lowest BCUT2D eigenvalue weighted by Gasteiger charge is -2.38. The summed E-state index contributed by atoms with van der Waals surface area (Å²) in [7, 11) is 0. The van der Waals surface area contributed by atoms with E-state index < -0.39 is 5.60 Å². The van der Waals surface area contributed by atoms with Gasteiger partial charge in [0.15, 0.2) is 5.17 Å². The molecule has 3 atom stereocenters. The number of carbonyl (C=O) groups is 1. The monoisotopic (exact) mass is 455 g/mol. The van der Waals surface area contributed by atoms with Crippen molar-refractivity contribution in [2.45, 2.75) is 63.3 Å². The fourth-order valence-corrected chi connectivity index (χ4v) is 4.78. The molecule has 0 bridgehead atoms. The minimum absolute atomic E-state index is 0.00425. The van der Waals surface area contributed by atoms with E-state index in [2.05, 4.69) is 27.3 Å². The van der Waals surface area contributed by atoms with E-state index in [1.54, 1.807) is 11.8 Å². The molecule has 0 fully saturated rings. The SMILES string of the molecule is C[C@@H](CC[C@H]1CC2(CSC(N)=N2)c2cc(Br)ccc2O1)NC(=O)C(C)(C)O. The molecule has 0 aliphatic carbocycles. The molecule has 1 spiro atoms. The first-order chi connectivity index (χ1) is 12.6. The summed E-state index contributed by atoms with van der Waals surface area (Å²) in [6, 6.07) is 5.96. The van der Waals surface area contributed by atoms with Crippen molar-refractivity contribution in [1.82, 2.24) is 5.32 Å². The number of amidine groups is 1. The Morgan fingerprint density at radius 1 is 1.59 bits per heavy atom. The summed E-state index contributed by atoms with van der Waals surface area (Å²) in [6.45, 7) is 4.91. The van der Waals surface area contributed by atoms with Gasteiger partial charge in [0.2, 0.25) is 0 Å². The number of thioether (sulfide) groups is 1. The second-order valence-electron chi connectivity index (χ2n) is 7.87. The summed E-state index contributed by atoms with van der Waals surface area (Å²) in [6.07, 6.45) is 2.29. The number of aliphatic imine (C=N–C) groups is 1. The topological polar surface area (TPSA) is 96.9 Å². The number of nitrogens with one attached hydrogen (secondary N) is 1. The van der Waals surface area contributed by atoms with Crippen LogP contribution in [0.25, 0.3) is 0 Å². The highest BCUT2D eigenvalue weighted by atomic mass is 79.9. The summed E-state index contributed by atoms with van der Waals surface area (Å²) in [5.74, 6) is 1.30. The second-order valence-corrected chi connectivity index (χ2v) is 9.78. The number of hydrogen-bond acceptors (Lipinski definition) is 6. The van der Waals surface area contributed by atoms with Crippen molar-refractivity contribution < 1.29 is 14.6 Å². The van der Waals surface area contributed by atoms with Crippen LogP contribution in [-0.2, 0) is 10.3 Å². The number of benzene rings is 1. The zero-order chi connectivity index (χ0) is 19.8. The van der Waals surface area contributed by atoms with Crippen LogP contribution in [-0.4, -0.2) is 39.7 Å². The zero-order valence-corrected chi connectivity index (χ0v) is 18.2. The number of nitrogens with zero attached hydrogens (tertiary/aromatic N) is 1. The highest BCUT2D eigenvalue weighted by Crippen LogP contribution is 2.48. The summed E-state index contributed by atoms with van der Waals surface area (Å²) in [5.41, 5.74) is 5.33. The maximum atomic E-state index is 11.9. The van der Waals surface area contributed by atoms with E-state index in [0.29, 0.717) is 5.17 Å². The molecule has 27 heavy (non-hydrogen) atoms. The smallest absolute Gasteiger partial charge is 0.251 e. The van der Waals surface area contributed by atoms with Crippen molar-refractivity contribution in [2.24, 2.45) is 10.7 Å². The average molecular weight is 456 g/mol. The predicted molar refractivity (Wildman–Crippen MR) is 112 cm³/mol. The minimum atomic E-state index is -1.38. The molecule has 0 saturated heterocycles. The molecule has 1 aromatic carbocycles. The number of ether oxygens (including phenoxy) is 1. The van der Waals surface area contributed by atoms with Crippen molar-refractivity contribution in [3.8, 4) is 5.75 Å². The summed E-state index contributed by atoms with van der Waals surface area (Å²) < 4.78 is 7.23. The second kappa shape index (κ2) is 7.64. The molecule has 4 N–H and O–H groups in total. The molecule has 2 heterocycles. The first-order valence-electron chi connectivity index (χ1n) is 9.07. The van der Waals surface area contributed by atoms with Gasteiger partial charge in [-0.2, -0.15) is 0 Å². The number of rotatable bonds is 5. The van der Waals surface area contributed by atoms with Crippen LogP contribution in [0.2, 0.25) is 0 Å². The maximum Gasteiger partial charge on any atom is 0.251 e. The number of nitrogens with two attached hydrogens (primary N) is 1. The Kier molecular flexibility index (Phi) is 5.80. The Hall–Kier alpha value is -1.25. The Morgan fingerprint density at radius 2 is 2.33 bits per heavy atom. The quantitative estimate of drug-likeness (QED) is 0.633. The first-order valence-corrected chi connectivity index (χ1v) is 10.8. The molecule has 8 heteroatoms. The van der Waals surface area contributed by atoms with Gasteiger partial charge in [0.05, 0.1) is 0 Å². The van der Waals surface area contributed by atoms with Crippen LogP contribution in [0.15, 0.2) is 27.7 Å². The van der Waals surface area contributed by atoms with Crippen molar-refractivity contribution in [3.63, 3.8) is 0 Å². The fourth-order valence-electron chi connectivity index (χ4n) is 3.46. The molecule has 2 aliphatic rings. The van der Waals surface area contributed by atoms with Crippen LogP contribution in [0.4, 0.5) is 0 Å². The van der Waals surface area contributed by atoms with Crippen LogP contribution in [0, 0.1) is 0 Å². The third kappa shape index (κ3) is 4.60. The zero-order valence-electron chi connectivity index (χ0n) is 15.8. The lowest BCUT2D eigenvalue weighted by atomic mass is 9.82. The molecule has 3 rings (SSSR count). The summed E-state index contributed by atoms with van der Waals surface area (Å²) >= 11 is 5.12. The van der Waals surface area contributed by atoms with Crippen LogP contribution in [0.3, 0.4) is 0 Å². The van der Waals surface area contributed by atoms with Gasteiger partial charge in [-0.05, 0) is 51.8 Å². The van der Waals surface area contributed by atoms with Crippen molar-refractivity contribution in [3.05, 3.63) is 28.2 Å². The Bertz CT molecular complexity index is 765. The van der Waals surface area contributed by atoms with E-state index in [0.717, 1.165) is 40.8 Å². The number of halogens is 1. The largest absolute Gasteiger partial charge is 0.490 e. The third-order valence-electron chi connectivity index (χ3n) is 4.94. The molecule has 1 unspecified atom stereocenters. The van der Waals surface area contributed by atoms with Gasteiger partial charge in [0.1, 0.15) is 23.0 Å². The van der Waals surface area contributed by atoms with Crippen molar-refractivity contribution in [1.29, 1.82) is 0 Å². The van der Waals surface area contributed by atoms with E-state index in [9.17, 15) is 9.90 Å². The van der Waals surface area contributed by atoms with Crippen LogP contribution in [0.1, 0.15) is 45.6 Å². The molecule has 6 nitrogen and oxygen atoms in total. The lowest BCUT2D eigenvalue weighted by molar-refractivity contribution is -0.137. The van der Waals surface area contributed by atoms with E-state index in [1.807, 2.05) is 19.1 Å². The molecular formula is C19H26BrN3O3S. The molecule has 1 amide bonds. The van der Waals surface area contributed by atoms with Crippen LogP contribution >= 0.6 is 27.7 Å². The number of carbonyl (C=O) groups excluding carboxylic acids is 1. The number of aliphatic hydroxyl groups is 1. The highest BCUT2D eigenvalue weighted by Gasteiger charge is 2.45.